The highest BCUT2D eigenvalue weighted by Gasteiger charge is 2.09. The van der Waals surface area contributed by atoms with Crippen molar-refractivity contribution in [2.24, 2.45) is 0 Å². The molecule has 0 bridgehead atoms. The molecule has 86 valence electrons. The standard InChI is InChI=1S/C12H16N2O2/c1-3-11-4-5-12(16-11)9(2)13-8-10-6-7-15-14-10/h4-7,9,13H,3,8H2,1-2H3. The smallest absolute Gasteiger partial charge is 0.124 e. The Morgan fingerprint density at radius 1 is 1.38 bits per heavy atom. The maximum Gasteiger partial charge on any atom is 0.124 e. The van der Waals surface area contributed by atoms with Gasteiger partial charge in [0.2, 0.25) is 0 Å². The van der Waals surface area contributed by atoms with Gasteiger partial charge in [0.05, 0.1) is 11.7 Å². The third-order valence-corrected chi connectivity index (χ3v) is 2.54. The van der Waals surface area contributed by atoms with E-state index in [0.717, 1.165) is 23.6 Å². The summed E-state index contributed by atoms with van der Waals surface area (Å²) < 4.78 is 10.4. The van der Waals surface area contributed by atoms with Crippen LogP contribution >= 0.6 is 0 Å². The van der Waals surface area contributed by atoms with Crippen molar-refractivity contribution >= 4 is 0 Å². The molecule has 1 unspecified atom stereocenters. The molecule has 2 rings (SSSR count). The minimum atomic E-state index is 0.178. The van der Waals surface area contributed by atoms with Crippen molar-refractivity contribution in [3.8, 4) is 0 Å². The minimum absolute atomic E-state index is 0.178. The van der Waals surface area contributed by atoms with E-state index in [1.807, 2.05) is 18.2 Å². The zero-order valence-electron chi connectivity index (χ0n) is 9.56. The molecule has 0 amide bonds. The van der Waals surface area contributed by atoms with Crippen LogP contribution in [0.25, 0.3) is 0 Å². The molecule has 0 fully saturated rings. The van der Waals surface area contributed by atoms with Crippen molar-refractivity contribution in [3.63, 3.8) is 0 Å². The van der Waals surface area contributed by atoms with Crippen LogP contribution < -0.4 is 5.32 Å². The fourth-order valence-corrected chi connectivity index (χ4v) is 1.50. The molecule has 2 aromatic rings. The molecular weight excluding hydrogens is 204 g/mol. The van der Waals surface area contributed by atoms with Gasteiger partial charge in [0, 0.05) is 19.0 Å². The molecule has 0 aliphatic heterocycles. The summed E-state index contributed by atoms with van der Waals surface area (Å²) in [5.74, 6) is 1.98. The Morgan fingerprint density at radius 2 is 2.25 bits per heavy atom. The highest BCUT2D eigenvalue weighted by Crippen LogP contribution is 2.16. The van der Waals surface area contributed by atoms with Crippen LogP contribution in [0.3, 0.4) is 0 Å². The lowest BCUT2D eigenvalue weighted by molar-refractivity contribution is 0.389. The average Bonchev–Trinajstić information content (AvgIpc) is 2.96. The molecule has 0 spiro atoms. The van der Waals surface area contributed by atoms with Crippen molar-refractivity contribution in [2.45, 2.75) is 32.9 Å². The van der Waals surface area contributed by atoms with Gasteiger partial charge in [-0.1, -0.05) is 12.1 Å². The second-order valence-corrected chi connectivity index (χ2v) is 3.75. The van der Waals surface area contributed by atoms with Gasteiger partial charge < -0.3 is 14.3 Å². The predicted octanol–water partition coefficient (Wildman–Crippen LogP) is 2.68. The number of furan rings is 1. The van der Waals surface area contributed by atoms with Crippen LogP contribution in [-0.2, 0) is 13.0 Å². The van der Waals surface area contributed by atoms with Gasteiger partial charge in [-0.3, -0.25) is 0 Å². The van der Waals surface area contributed by atoms with Gasteiger partial charge in [0.1, 0.15) is 17.8 Å². The summed E-state index contributed by atoms with van der Waals surface area (Å²) in [5, 5.41) is 7.16. The number of nitrogens with zero attached hydrogens (tertiary/aromatic N) is 1. The molecule has 1 atom stereocenters. The van der Waals surface area contributed by atoms with Crippen LogP contribution in [0, 0.1) is 0 Å². The first-order valence-electron chi connectivity index (χ1n) is 5.51. The summed E-state index contributed by atoms with van der Waals surface area (Å²) in [4.78, 5) is 0. The van der Waals surface area contributed by atoms with Crippen molar-refractivity contribution in [1.82, 2.24) is 10.5 Å². The lowest BCUT2D eigenvalue weighted by atomic mass is 10.2. The summed E-state index contributed by atoms with van der Waals surface area (Å²) in [6.45, 7) is 4.83. The zero-order valence-corrected chi connectivity index (χ0v) is 9.56. The molecule has 16 heavy (non-hydrogen) atoms. The molecule has 0 radical (unpaired) electrons. The Kier molecular flexibility index (Phi) is 3.41. The highest BCUT2D eigenvalue weighted by molar-refractivity contribution is 5.10. The van der Waals surface area contributed by atoms with Crippen LogP contribution in [0.5, 0.6) is 0 Å². The van der Waals surface area contributed by atoms with Gasteiger partial charge in [-0.15, -0.1) is 0 Å². The van der Waals surface area contributed by atoms with Crippen molar-refractivity contribution in [1.29, 1.82) is 0 Å². The molecule has 2 aromatic heterocycles. The van der Waals surface area contributed by atoms with Gasteiger partial charge in [0.25, 0.3) is 0 Å². The summed E-state index contributed by atoms with van der Waals surface area (Å²) in [6, 6.07) is 6.05. The van der Waals surface area contributed by atoms with E-state index in [9.17, 15) is 0 Å². The molecule has 1 N–H and O–H groups in total. The van der Waals surface area contributed by atoms with E-state index in [1.165, 1.54) is 0 Å². The van der Waals surface area contributed by atoms with Crippen LogP contribution in [0.1, 0.15) is 37.1 Å². The van der Waals surface area contributed by atoms with E-state index in [0.29, 0.717) is 6.54 Å². The third kappa shape index (κ3) is 2.52. The third-order valence-electron chi connectivity index (χ3n) is 2.54. The largest absolute Gasteiger partial charge is 0.464 e. The zero-order chi connectivity index (χ0) is 11.4. The molecule has 0 saturated carbocycles. The quantitative estimate of drug-likeness (QED) is 0.841. The molecular formula is C12H16N2O2. The number of hydrogen-bond acceptors (Lipinski definition) is 4. The molecule has 4 heteroatoms. The predicted molar refractivity (Wildman–Crippen MR) is 59.8 cm³/mol. The molecule has 0 saturated heterocycles. The van der Waals surface area contributed by atoms with E-state index in [4.69, 9.17) is 8.94 Å². The van der Waals surface area contributed by atoms with Crippen LogP contribution in [0.15, 0.2) is 33.4 Å². The first-order valence-corrected chi connectivity index (χ1v) is 5.51. The Labute approximate surface area is 94.6 Å². The monoisotopic (exact) mass is 220 g/mol. The first-order chi connectivity index (χ1) is 7.79. The topological polar surface area (TPSA) is 51.2 Å². The van der Waals surface area contributed by atoms with Crippen molar-refractivity contribution in [2.75, 3.05) is 0 Å². The van der Waals surface area contributed by atoms with E-state index < -0.39 is 0 Å². The fourth-order valence-electron chi connectivity index (χ4n) is 1.50. The Balaban J connectivity index is 1.90. The second-order valence-electron chi connectivity index (χ2n) is 3.75. The summed E-state index contributed by atoms with van der Waals surface area (Å²) in [5.41, 5.74) is 0.897. The lowest BCUT2D eigenvalue weighted by Crippen LogP contribution is -2.17. The molecule has 0 aromatic carbocycles. The molecule has 2 heterocycles. The van der Waals surface area contributed by atoms with Crippen LogP contribution in [-0.4, -0.2) is 5.16 Å². The number of aryl methyl sites for hydroxylation is 1. The number of nitrogens with one attached hydrogen (secondary N) is 1. The molecule has 0 aliphatic carbocycles. The molecule has 0 aliphatic rings. The first kappa shape index (κ1) is 11.0. The van der Waals surface area contributed by atoms with Gasteiger partial charge in [-0.2, -0.15) is 0 Å². The average molecular weight is 220 g/mol. The number of aromatic nitrogens is 1. The van der Waals surface area contributed by atoms with E-state index in [-0.39, 0.29) is 6.04 Å². The summed E-state index contributed by atoms with van der Waals surface area (Å²) in [7, 11) is 0. The van der Waals surface area contributed by atoms with Gasteiger partial charge in [-0.25, -0.2) is 0 Å². The SMILES string of the molecule is CCc1ccc(C(C)NCc2ccon2)o1. The van der Waals surface area contributed by atoms with E-state index in [2.05, 4.69) is 24.3 Å². The van der Waals surface area contributed by atoms with E-state index >= 15 is 0 Å². The lowest BCUT2D eigenvalue weighted by Gasteiger charge is -2.09. The Bertz CT molecular complexity index is 420. The Morgan fingerprint density at radius 3 is 2.88 bits per heavy atom. The Hall–Kier alpha value is -1.55. The number of hydrogen-bond donors (Lipinski definition) is 1. The second kappa shape index (κ2) is 4.99. The normalized spacial score (nSPS) is 12.9. The van der Waals surface area contributed by atoms with Crippen molar-refractivity contribution in [3.05, 3.63) is 41.7 Å². The van der Waals surface area contributed by atoms with Crippen LogP contribution in [0.4, 0.5) is 0 Å². The maximum absolute atomic E-state index is 5.66. The van der Waals surface area contributed by atoms with Crippen molar-refractivity contribution < 1.29 is 8.94 Å². The van der Waals surface area contributed by atoms with E-state index in [1.54, 1.807) is 6.26 Å². The van der Waals surface area contributed by atoms with Gasteiger partial charge in [0.15, 0.2) is 0 Å². The minimum Gasteiger partial charge on any atom is -0.464 e. The van der Waals surface area contributed by atoms with Crippen LogP contribution in [0.2, 0.25) is 0 Å². The van der Waals surface area contributed by atoms with Gasteiger partial charge >= 0.3 is 0 Å². The summed E-state index contributed by atoms with van der Waals surface area (Å²) >= 11 is 0. The number of rotatable bonds is 5. The highest BCUT2D eigenvalue weighted by atomic mass is 16.5. The maximum atomic E-state index is 5.66. The fraction of sp³-hybridized carbons (Fsp3) is 0.417. The summed E-state index contributed by atoms with van der Waals surface area (Å²) in [6.07, 6.45) is 2.50. The van der Waals surface area contributed by atoms with Gasteiger partial charge in [-0.05, 0) is 19.1 Å². The molecule has 4 nitrogen and oxygen atoms in total.